The van der Waals surface area contributed by atoms with Gasteiger partial charge in [0.25, 0.3) is 5.91 Å². The molecule has 1 unspecified atom stereocenters. The number of nitrogens with two attached hydrogens (primary N) is 1. The number of carboxylic acids is 1. The molecule has 4 N–H and O–H groups in total. The molecule has 3 rings (SSSR count). The van der Waals surface area contributed by atoms with Crippen LogP contribution < -0.4 is 10.0 Å². The third-order valence-corrected chi connectivity index (χ3v) is 5.88. The number of halogens is 1. The Morgan fingerprint density at radius 1 is 1.19 bits per heavy atom. The summed E-state index contributed by atoms with van der Waals surface area (Å²) in [6.07, 6.45) is -0.775. The van der Waals surface area contributed by atoms with Gasteiger partial charge < -0.3 is 15.1 Å². The van der Waals surface area contributed by atoms with Gasteiger partial charge in [0.2, 0.25) is 10.0 Å². The van der Waals surface area contributed by atoms with E-state index in [4.69, 9.17) is 10.2 Å². The average molecular weight is 455 g/mol. The van der Waals surface area contributed by atoms with Crippen LogP contribution in [0.3, 0.4) is 0 Å². The van der Waals surface area contributed by atoms with Gasteiger partial charge in [-0.1, -0.05) is 34.1 Å². The monoisotopic (exact) mass is 454 g/mol. The second kappa shape index (κ2) is 6.71. The Hall–Kier alpha value is -2.27. The number of carbonyl (C=O) groups is 2. The smallest absolute Gasteiger partial charge is 0.307 e. The lowest BCUT2D eigenvalue weighted by molar-refractivity contribution is -0.150. The number of nitrogens with zero attached hydrogens (tertiary/aromatic N) is 1. The van der Waals surface area contributed by atoms with Crippen molar-refractivity contribution in [2.45, 2.75) is 23.5 Å². The lowest BCUT2D eigenvalue weighted by Crippen LogP contribution is -2.41. The van der Waals surface area contributed by atoms with Crippen molar-refractivity contribution in [3.8, 4) is 0 Å². The number of hydrogen-bond acceptors (Lipinski definition) is 5. The molecule has 1 atom stereocenters. The Kier molecular flexibility index (Phi) is 4.85. The van der Waals surface area contributed by atoms with Gasteiger partial charge in [-0.15, -0.1) is 0 Å². The van der Waals surface area contributed by atoms with Gasteiger partial charge in [-0.25, -0.2) is 13.6 Å². The van der Waals surface area contributed by atoms with Crippen LogP contribution in [-0.4, -0.2) is 30.5 Å². The molecule has 10 heteroatoms. The fraction of sp³-hybridized carbons (Fsp3) is 0.176. The number of hydrogen-bond donors (Lipinski definition) is 3. The number of sulfonamides is 1. The van der Waals surface area contributed by atoms with E-state index < -0.39 is 33.9 Å². The first-order valence-electron chi connectivity index (χ1n) is 7.71. The Balaban J connectivity index is 2.01. The van der Waals surface area contributed by atoms with Crippen molar-refractivity contribution in [1.29, 1.82) is 0 Å². The van der Waals surface area contributed by atoms with E-state index in [2.05, 4.69) is 15.9 Å². The molecule has 0 saturated heterocycles. The molecule has 1 aliphatic heterocycles. The first-order valence-corrected chi connectivity index (χ1v) is 10.0. The SMILES string of the molecule is NS(=O)(=O)c1ccc(CN2C(=O)C(O)(CC(=O)O)c3c(Br)cccc32)cc1. The molecule has 142 valence electrons. The molecule has 0 radical (unpaired) electrons. The van der Waals surface area contributed by atoms with Crippen LogP contribution in [0, 0.1) is 0 Å². The topological polar surface area (TPSA) is 138 Å². The van der Waals surface area contributed by atoms with Crippen molar-refractivity contribution in [2.75, 3.05) is 4.90 Å². The number of aliphatic hydroxyl groups is 1. The third-order valence-electron chi connectivity index (χ3n) is 4.29. The summed E-state index contributed by atoms with van der Waals surface area (Å²) in [5.41, 5.74) is -1.03. The highest BCUT2D eigenvalue weighted by atomic mass is 79.9. The van der Waals surface area contributed by atoms with Crippen LogP contribution in [0.4, 0.5) is 5.69 Å². The number of amides is 1. The van der Waals surface area contributed by atoms with Crippen LogP contribution in [0.25, 0.3) is 0 Å². The minimum atomic E-state index is -3.84. The van der Waals surface area contributed by atoms with Crippen LogP contribution in [-0.2, 0) is 31.8 Å². The summed E-state index contributed by atoms with van der Waals surface area (Å²) in [5.74, 6) is -2.07. The molecule has 2 aromatic rings. The van der Waals surface area contributed by atoms with E-state index in [9.17, 15) is 23.1 Å². The van der Waals surface area contributed by atoms with E-state index in [-0.39, 0.29) is 17.0 Å². The maximum atomic E-state index is 12.9. The number of rotatable bonds is 5. The Morgan fingerprint density at radius 2 is 1.81 bits per heavy atom. The molecule has 8 nitrogen and oxygen atoms in total. The Bertz CT molecular complexity index is 1040. The third kappa shape index (κ3) is 3.48. The fourth-order valence-corrected chi connectivity index (χ4v) is 4.29. The zero-order valence-electron chi connectivity index (χ0n) is 13.8. The minimum Gasteiger partial charge on any atom is -0.481 e. The summed E-state index contributed by atoms with van der Waals surface area (Å²) in [6.45, 7) is 0.0229. The van der Waals surface area contributed by atoms with Gasteiger partial charge in [0, 0.05) is 10.0 Å². The van der Waals surface area contributed by atoms with Crippen LogP contribution in [0.2, 0.25) is 0 Å². The van der Waals surface area contributed by atoms with E-state index in [0.29, 0.717) is 15.7 Å². The highest BCUT2D eigenvalue weighted by Crippen LogP contribution is 2.46. The molecule has 2 aromatic carbocycles. The first-order chi connectivity index (χ1) is 12.5. The van der Waals surface area contributed by atoms with E-state index in [0.717, 1.165) is 0 Å². The van der Waals surface area contributed by atoms with Crippen molar-refractivity contribution in [1.82, 2.24) is 0 Å². The molecular formula is C17H15BrN2O6S. The van der Waals surface area contributed by atoms with E-state index in [1.54, 1.807) is 18.2 Å². The summed E-state index contributed by atoms with van der Waals surface area (Å²) in [4.78, 5) is 25.3. The highest BCUT2D eigenvalue weighted by molar-refractivity contribution is 9.10. The van der Waals surface area contributed by atoms with Gasteiger partial charge in [0.1, 0.15) is 0 Å². The molecule has 0 aromatic heterocycles. The van der Waals surface area contributed by atoms with Crippen LogP contribution >= 0.6 is 15.9 Å². The van der Waals surface area contributed by atoms with Crippen molar-refractivity contribution >= 4 is 43.5 Å². The maximum Gasteiger partial charge on any atom is 0.307 e. The summed E-state index contributed by atoms with van der Waals surface area (Å²) >= 11 is 3.27. The molecule has 1 amide bonds. The molecule has 0 fully saturated rings. The Morgan fingerprint density at radius 3 is 2.37 bits per heavy atom. The lowest BCUT2D eigenvalue weighted by atomic mass is 9.92. The maximum absolute atomic E-state index is 12.9. The van der Waals surface area contributed by atoms with Crippen molar-refractivity contribution in [3.05, 3.63) is 58.1 Å². The number of carbonyl (C=O) groups excluding carboxylic acids is 1. The summed E-state index contributed by atoms with van der Waals surface area (Å²) in [6, 6.07) is 10.5. The number of aliphatic carboxylic acids is 1. The highest BCUT2D eigenvalue weighted by Gasteiger charge is 2.52. The molecule has 0 saturated carbocycles. The van der Waals surface area contributed by atoms with Gasteiger partial charge in [-0.3, -0.25) is 9.59 Å². The number of anilines is 1. The van der Waals surface area contributed by atoms with Gasteiger partial charge in [-0.05, 0) is 29.8 Å². The number of carboxylic acid groups (broad SMARTS) is 1. The summed E-state index contributed by atoms with van der Waals surface area (Å²) in [7, 11) is -3.84. The van der Waals surface area contributed by atoms with E-state index in [1.807, 2.05) is 0 Å². The quantitative estimate of drug-likeness (QED) is 0.622. The fourth-order valence-electron chi connectivity index (χ4n) is 3.09. The van der Waals surface area contributed by atoms with Gasteiger partial charge in [-0.2, -0.15) is 0 Å². The largest absolute Gasteiger partial charge is 0.481 e. The second-order valence-corrected chi connectivity index (χ2v) is 8.56. The van der Waals surface area contributed by atoms with Gasteiger partial charge >= 0.3 is 5.97 Å². The van der Waals surface area contributed by atoms with Crippen molar-refractivity contribution < 1.29 is 28.2 Å². The van der Waals surface area contributed by atoms with Gasteiger partial charge in [0.05, 0.1) is 23.5 Å². The molecule has 0 bridgehead atoms. The number of benzene rings is 2. The Labute approximate surface area is 163 Å². The minimum absolute atomic E-state index is 0.0229. The molecule has 27 heavy (non-hydrogen) atoms. The standard InChI is InChI=1S/C17H15BrN2O6S/c18-12-2-1-3-13-15(12)17(24,8-14(21)22)16(23)20(13)9-10-4-6-11(7-5-10)27(19,25)26/h1-7,24H,8-9H2,(H,21,22)(H2,19,25,26). The number of fused-ring (bicyclic) bond motifs is 1. The summed E-state index contributed by atoms with van der Waals surface area (Å²) < 4.78 is 23.1. The molecule has 1 heterocycles. The summed E-state index contributed by atoms with van der Waals surface area (Å²) in [5, 5.41) is 25.1. The van der Waals surface area contributed by atoms with E-state index >= 15 is 0 Å². The number of primary sulfonamides is 1. The van der Waals surface area contributed by atoms with Crippen LogP contribution in [0.1, 0.15) is 17.5 Å². The van der Waals surface area contributed by atoms with Gasteiger partial charge in [0.15, 0.2) is 5.60 Å². The van der Waals surface area contributed by atoms with Crippen molar-refractivity contribution in [2.24, 2.45) is 5.14 Å². The predicted molar refractivity (Wildman–Crippen MR) is 99.3 cm³/mol. The van der Waals surface area contributed by atoms with E-state index in [1.165, 1.54) is 29.2 Å². The normalized spacial score (nSPS) is 19.2. The lowest BCUT2D eigenvalue weighted by Gasteiger charge is -2.22. The average Bonchev–Trinajstić information content (AvgIpc) is 2.77. The molecule has 0 spiro atoms. The molecule has 0 aliphatic carbocycles. The zero-order valence-corrected chi connectivity index (χ0v) is 16.2. The second-order valence-electron chi connectivity index (χ2n) is 6.15. The predicted octanol–water partition coefficient (Wildman–Crippen LogP) is 1.31. The molecule has 1 aliphatic rings. The van der Waals surface area contributed by atoms with Crippen LogP contribution in [0.15, 0.2) is 51.8 Å². The molecular weight excluding hydrogens is 440 g/mol. The van der Waals surface area contributed by atoms with Crippen molar-refractivity contribution in [3.63, 3.8) is 0 Å². The van der Waals surface area contributed by atoms with Crippen LogP contribution in [0.5, 0.6) is 0 Å². The zero-order chi connectivity index (χ0) is 20.0. The first kappa shape index (κ1) is 19.5.